The summed E-state index contributed by atoms with van der Waals surface area (Å²) < 4.78 is 26.1. The van der Waals surface area contributed by atoms with E-state index in [1.54, 1.807) is 0 Å². The van der Waals surface area contributed by atoms with Gasteiger partial charge in [0.1, 0.15) is 0 Å². The molecule has 14 heavy (non-hydrogen) atoms. The van der Waals surface area contributed by atoms with Gasteiger partial charge in [0.2, 0.25) is 5.92 Å². The van der Waals surface area contributed by atoms with Crippen molar-refractivity contribution in [3.05, 3.63) is 0 Å². The minimum absolute atomic E-state index is 0.0103. The molecule has 2 unspecified atom stereocenters. The number of hydrogen-bond donors (Lipinski definition) is 1. The maximum absolute atomic E-state index is 13.1. The molecular formula is C11H21F2N. The molecule has 1 aliphatic carbocycles. The van der Waals surface area contributed by atoms with Gasteiger partial charge in [0.15, 0.2) is 0 Å². The molecule has 84 valence electrons. The molecule has 1 rings (SSSR count). The Balaban J connectivity index is 2.38. The number of alkyl halides is 2. The average Bonchev–Trinajstić information content (AvgIpc) is 2.01. The normalized spacial score (nSPS) is 29.1. The van der Waals surface area contributed by atoms with Crippen LogP contribution in [0.2, 0.25) is 0 Å². The largest absolute Gasteiger partial charge is 0.311 e. The zero-order valence-corrected chi connectivity index (χ0v) is 9.32. The Morgan fingerprint density at radius 1 is 1.29 bits per heavy atom. The second-order valence-electron chi connectivity index (χ2n) is 4.85. The Morgan fingerprint density at radius 3 is 2.43 bits per heavy atom. The van der Waals surface area contributed by atoms with Gasteiger partial charge in [-0.1, -0.05) is 13.8 Å². The Kier molecular flexibility index (Phi) is 3.87. The number of halogens is 2. The standard InChI is InChI=1S/C11H21F2N/c1-8(2)9(3)14-10-5-4-6-11(12,13)7-10/h8-10,14H,4-7H2,1-3H3. The number of nitrogens with one attached hydrogen (secondary N) is 1. The monoisotopic (exact) mass is 205 g/mol. The second-order valence-corrected chi connectivity index (χ2v) is 4.85. The van der Waals surface area contributed by atoms with Gasteiger partial charge >= 0.3 is 0 Å². The van der Waals surface area contributed by atoms with E-state index in [1.165, 1.54) is 0 Å². The minimum atomic E-state index is -2.44. The predicted octanol–water partition coefficient (Wildman–Crippen LogP) is 3.20. The molecule has 0 amide bonds. The van der Waals surface area contributed by atoms with Gasteiger partial charge in [0, 0.05) is 24.9 Å². The van der Waals surface area contributed by atoms with Crippen LogP contribution in [0.25, 0.3) is 0 Å². The summed E-state index contributed by atoms with van der Waals surface area (Å²) in [4.78, 5) is 0. The summed E-state index contributed by atoms with van der Waals surface area (Å²) in [5.74, 6) is -1.93. The average molecular weight is 205 g/mol. The zero-order valence-electron chi connectivity index (χ0n) is 9.32. The van der Waals surface area contributed by atoms with E-state index in [2.05, 4.69) is 26.1 Å². The SMILES string of the molecule is CC(C)C(C)NC1CCCC(F)(F)C1. The van der Waals surface area contributed by atoms with E-state index < -0.39 is 5.92 Å². The topological polar surface area (TPSA) is 12.0 Å². The Hall–Kier alpha value is -0.180. The molecule has 0 aliphatic heterocycles. The third-order valence-electron chi connectivity index (χ3n) is 3.14. The molecule has 0 radical (unpaired) electrons. The molecule has 0 aromatic rings. The van der Waals surface area contributed by atoms with Gasteiger partial charge in [-0.3, -0.25) is 0 Å². The molecule has 0 bridgehead atoms. The fourth-order valence-corrected chi connectivity index (χ4v) is 1.88. The maximum atomic E-state index is 13.1. The van der Waals surface area contributed by atoms with Crippen molar-refractivity contribution in [2.75, 3.05) is 0 Å². The van der Waals surface area contributed by atoms with Crippen molar-refractivity contribution in [1.29, 1.82) is 0 Å². The first-order valence-corrected chi connectivity index (χ1v) is 5.54. The highest BCUT2D eigenvalue weighted by Gasteiger charge is 2.36. The lowest BCUT2D eigenvalue weighted by atomic mass is 9.91. The molecule has 1 fully saturated rings. The molecule has 0 aromatic carbocycles. The predicted molar refractivity (Wildman–Crippen MR) is 54.6 cm³/mol. The highest BCUT2D eigenvalue weighted by Crippen LogP contribution is 2.33. The van der Waals surface area contributed by atoms with E-state index in [9.17, 15) is 8.78 Å². The number of hydrogen-bond acceptors (Lipinski definition) is 1. The van der Waals surface area contributed by atoms with Crippen LogP contribution in [0.15, 0.2) is 0 Å². The summed E-state index contributed by atoms with van der Waals surface area (Å²) in [6.07, 6.45) is 1.63. The molecule has 1 aliphatic rings. The number of rotatable bonds is 3. The molecule has 0 heterocycles. The zero-order chi connectivity index (χ0) is 10.8. The third kappa shape index (κ3) is 3.52. The van der Waals surface area contributed by atoms with E-state index >= 15 is 0 Å². The molecular weight excluding hydrogens is 184 g/mol. The van der Waals surface area contributed by atoms with Crippen molar-refractivity contribution < 1.29 is 8.78 Å². The first-order valence-electron chi connectivity index (χ1n) is 5.54. The lowest BCUT2D eigenvalue weighted by Gasteiger charge is -2.32. The van der Waals surface area contributed by atoms with Gasteiger partial charge in [-0.2, -0.15) is 0 Å². The maximum Gasteiger partial charge on any atom is 0.249 e. The van der Waals surface area contributed by atoms with Crippen LogP contribution in [0.4, 0.5) is 8.78 Å². The first-order chi connectivity index (χ1) is 6.41. The minimum Gasteiger partial charge on any atom is -0.311 e. The quantitative estimate of drug-likeness (QED) is 0.746. The van der Waals surface area contributed by atoms with Crippen molar-refractivity contribution in [3.63, 3.8) is 0 Å². The third-order valence-corrected chi connectivity index (χ3v) is 3.14. The molecule has 3 heteroatoms. The summed E-state index contributed by atoms with van der Waals surface area (Å²) in [7, 11) is 0. The Morgan fingerprint density at radius 2 is 1.93 bits per heavy atom. The van der Waals surface area contributed by atoms with Crippen LogP contribution in [0.5, 0.6) is 0 Å². The molecule has 1 N–H and O–H groups in total. The highest BCUT2D eigenvalue weighted by atomic mass is 19.3. The van der Waals surface area contributed by atoms with E-state index in [-0.39, 0.29) is 18.9 Å². The highest BCUT2D eigenvalue weighted by molar-refractivity contribution is 4.84. The van der Waals surface area contributed by atoms with Crippen LogP contribution in [0, 0.1) is 5.92 Å². The second kappa shape index (κ2) is 4.56. The summed E-state index contributed by atoms with van der Waals surface area (Å²) in [5.41, 5.74) is 0. The van der Waals surface area contributed by atoms with Crippen LogP contribution < -0.4 is 5.32 Å². The van der Waals surface area contributed by atoms with E-state index in [1.807, 2.05) is 0 Å². The van der Waals surface area contributed by atoms with Crippen molar-refractivity contribution in [2.45, 2.75) is 64.5 Å². The summed E-state index contributed by atoms with van der Waals surface area (Å²) in [6.45, 7) is 6.29. The van der Waals surface area contributed by atoms with Crippen LogP contribution >= 0.6 is 0 Å². The lowest BCUT2D eigenvalue weighted by molar-refractivity contribution is -0.0456. The molecule has 1 saturated carbocycles. The van der Waals surface area contributed by atoms with Gasteiger partial charge < -0.3 is 5.32 Å². The van der Waals surface area contributed by atoms with Gasteiger partial charge in [-0.25, -0.2) is 8.78 Å². The summed E-state index contributed by atoms with van der Waals surface area (Å²) in [5, 5.41) is 3.29. The first kappa shape index (κ1) is 11.9. The smallest absolute Gasteiger partial charge is 0.249 e. The van der Waals surface area contributed by atoms with Gasteiger partial charge in [-0.05, 0) is 25.7 Å². The van der Waals surface area contributed by atoms with E-state index in [0.717, 1.165) is 6.42 Å². The molecule has 0 aromatic heterocycles. The lowest BCUT2D eigenvalue weighted by Crippen LogP contribution is -2.44. The molecule has 0 saturated heterocycles. The fraction of sp³-hybridized carbons (Fsp3) is 1.00. The van der Waals surface area contributed by atoms with Crippen molar-refractivity contribution >= 4 is 0 Å². The van der Waals surface area contributed by atoms with Crippen LogP contribution in [0.1, 0.15) is 46.5 Å². The van der Waals surface area contributed by atoms with Crippen molar-refractivity contribution in [2.24, 2.45) is 5.92 Å². The summed E-state index contributed by atoms with van der Waals surface area (Å²) >= 11 is 0. The fourth-order valence-electron chi connectivity index (χ4n) is 1.88. The molecule has 2 atom stereocenters. The van der Waals surface area contributed by atoms with Crippen LogP contribution in [-0.4, -0.2) is 18.0 Å². The Bertz CT molecular complexity index is 180. The van der Waals surface area contributed by atoms with Crippen LogP contribution in [0.3, 0.4) is 0 Å². The molecule has 0 spiro atoms. The van der Waals surface area contributed by atoms with Crippen LogP contribution in [-0.2, 0) is 0 Å². The van der Waals surface area contributed by atoms with E-state index in [0.29, 0.717) is 18.4 Å². The van der Waals surface area contributed by atoms with E-state index in [4.69, 9.17) is 0 Å². The van der Waals surface area contributed by atoms with Gasteiger partial charge in [-0.15, -0.1) is 0 Å². The summed E-state index contributed by atoms with van der Waals surface area (Å²) in [6, 6.07) is 0.338. The van der Waals surface area contributed by atoms with Gasteiger partial charge in [0.25, 0.3) is 0 Å². The van der Waals surface area contributed by atoms with Gasteiger partial charge in [0.05, 0.1) is 0 Å². The van der Waals surface area contributed by atoms with Crippen molar-refractivity contribution in [1.82, 2.24) is 5.32 Å². The Labute approximate surface area is 85.3 Å². The molecule has 1 nitrogen and oxygen atoms in total. The van der Waals surface area contributed by atoms with Crippen molar-refractivity contribution in [3.8, 4) is 0 Å².